The van der Waals surface area contributed by atoms with E-state index < -0.39 is 0 Å². The van der Waals surface area contributed by atoms with E-state index in [4.69, 9.17) is 0 Å². The van der Waals surface area contributed by atoms with Gasteiger partial charge in [-0.1, -0.05) is 62.2 Å². The van der Waals surface area contributed by atoms with E-state index in [2.05, 4.69) is 77.2 Å². The number of hydrogen-bond acceptors (Lipinski definition) is 1. The zero-order valence-electron chi connectivity index (χ0n) is 14.4. The highest BCUT2D eigenvalue weighted by Crippen LogP contribution is 2.22. The molecule has 1 rings (SSSR count). The van der Waals surface area contributed by atoms with Gasteiger partial charge in [0.2, 0.25) is 0 Å². The molecule has 2 heteroatoms. The first-order valence-corrected chi connectivity index (χ1v) is 7.83. The van der Waals surface area contributed by atoms with Gasteiger partial charge in [0, 0.05) is 6.04 Å². The lowest BCUT2D eigenvalue weighted by atomic mass is 9.92. The molecule has 0 fully saturated rings. The Bertz CT molecular complexity index is 416. The van der Waals surface area contributed by atoms with E-state index in [-0.39, 0.29) is 12.4 Å². The zero-order valence-corrected chi connectivity index (χ0v) is 15.2. The minimum absolute atomic E-state index is 0. The van der Waals surface area contributed by atoms with Crippen molar-refractivity contribution in [3.8, 4) is 0 Å². The fourth-order valence-corrected chi connectivity index (χ4v) is 2.41. The Hall–Kier alpha value is -0.790. The maximum atomic E-state index is 3.69. The maximum absolute atomic E-state index is 3.69. The average Bonchev–Trinajstić information content (AvgIpc) is 2.36. The lowest BCUT2D eigenvalue weighted by Gasteiger charge is -2.22. The summed E-state index contributed by atoms with van der Waals surface area (Å²) in [5.74, 6) is 1.27. The van der Waals surface area contributed by atoms with E-state index in [1.807, 2.05) is 0 Å². The number of allylic oxidation sites excluding steroid dienone is 1. The summed E-state index contributed by atoms with van der Waals surface area (Å²) in [7, 11) is 0. The smallest absolute Gasteiger partial charge is 0.0258 e. The molecule has 1 N–H and O–H groups in total. The van der Waals surface area contributed by atoms with Crippen molar-refractivity contribution in [2.24, 2.45) is 5.92 Å². The quantitative estimate of drug-likeness (QED) is 0.761. The van der Waals surface area contributed by atoms with Gasteiger partial charge in [-0.15, -0.1) is 0 Å². The van der Waals surface area contributed by atoms with Crippen LogP contribution in [0.5, 0.6) is 0 Å². The molecule has 0 aliphatic rings. The molecule has 2 atom stereocenters. The van der Waals surface area contributed by atoms with Gasteiger partial charge in [0.1, 0.15) is 0 Å². The molecule has 0 bridgehead atoms. The van der Waals surface area contributed by atoms with Crippen molar-refractivity contribution >= 4 is 0 Å². The standard InChI is InChI=1S/C19H31N.ClH/c1-14(2)11-19(20-13-15(3)4)12-17(6)18-9-7-16(5)8-10-18;/h7-11,15,17,19-20H,12-13H2,1-6H3;1H/p-1/t17-,19+;/m0./s1. The van der Waals surface area contributed by atoms with Gasteiger partial charge in [-0.05, 0) is 51.1 Å². The SMILES string of the molecule is CC(C)=C[C@H](C[C@H](C)c1ccc(C)cc1)NCC(C)C.[Cl-]. The summed E-state index contributed by atoms with van der Waals surface area (Å²) in [5, 5.41) is 3.69. The van der Waals surface area contributed by atoms with Gasteiger partial charge in [0.05, 0.1) is 0 Å². The molecule has 0 saturated heterocycles. The Kier molecular flexibility index (Phi) is 9.65. The molecule has 1 nitrogen and oxygen atoms in total. The van der Waals surface area contributed by atoms with E-state index in [0.29, 0.717) is 17.9 Å². The van der Waals surface area contributed by atoms with E-state index in [0.717, 1.165) is 13.0 Å². The molecule has 0 unspecified atom stereocenters. The van der Waals surface area contributed by atoms with Crippen LogP contribution in [0.1, 0.15) is 58.1 Å². The second kappa shape index (κ2) is 10.0. The summed E-state index contributed by atoms with van der Waals surface area (Å²) in [4.78, 5) is 0. The number of aryl methyl sites for hydroxylation is 1. The van der Waals surface area contributed by atoms with Gasteiger partial charge in [-0.25, -0.2) is 0 Å². The first-order valence-electron chi connectivity index (χ1n) is 7.83. The normalized spacial score (nSPS) is 13.5. The third kappa shape index (κ3) is 8.28. The highest BCUT2D eigenvalue weighted by atomic mass is 35.5. The van der Waals surface area contributed by atoms with E-state index >= 15 is 0 Å². The minimum atomic E-state index is 0. The highest BCUT2D eigenvalue weighted by Gasteiger charge is 2.12. The summed E-state index contributed by atoms with van der Waals surface area (Å²) in [5.41, 5.74) is 4.16. The zero-order chi connectivity index (χ0) is 15.1. The van der Waals surface area contributed by atoms with Crippen molar-refractivity contribution in [2.45, 2.75) is 59.9 Å². The van der Waals surface area contributed by atoms with Crippen LogP contribution in [0.2, 0.25) is 0 Å². The van der Waals surface area contributed by atoms with Gasteiger partial charge in [0.25, 0.3) is 0 Å². The minimum Gasteiger partial charge on any atom is -1.00 e. The van der Waals surface area contributed by atoms with Gasteiger partial charge >= 0.3 is 0 Å². The van der Waals surface area contributed by atoms with Crippen LogP contribution in [-0.2, 0) is 0 Å². The number of hydrogen-bond donors (Lipinski definition) is 1. The van der Waals surface area contributed by atoms with Crippen LogP contribution in [0, 0.1) is 12.8 Å². The van der Waals surface area contributed by atoms with Gasteiger partial charge in [-0.3, -0.25) is 0 Å². The topological polar surface area (TPSA) is 12.0 Å². The molecule has 0 spiro atoms. The van der Waals surface area contributed by atoms with E-state index in [1.54, 1.807) is 0 Å². The first-order chi connectivity index (χ1) is 9.38. The van der Waals surface area contributed by atoms with Crippen molar-refractivity contribution in [3.63, 3.8) is 0 Å². The molecule has 0 radical (unpaired) electrons. The number of rotatable bonds is 7. The Balaban J connectivity index is 0.00000400. The fraction of sp³-hybridized carbons (Fsp3) is 0.579. The van der Waals surface area contributed by atoms with Crippen LogP contribution < -0.4 is 17.7 Å². The van der Waals surface area contributed by atoms with Crippen LogP contribution in [0.4, 0.5) is 0 Å². The van der Waals surface area contributed by atoms with Crippen molar-refractivity contribution in [2.75, 3.05) is 6.54 Å². The monoisotopic (exact) mass is 308 g/mol. The molecule has 1 aromatic carbocycles. The van der Waals surface area contributed by atoms with Crippen LogP contribution in [0.25, 0.3) is 0 Å². The second-order valence-electron chi connectivity index (χ2n) is 6.70. The van der Waals surface area contributed by atoms with Crippen molar-refractivity contribution in [1.82, 2.24) is 5.32 Å². The molecular formula is C19H31ClN-. The molecule has 0 saturated carbocycles. The molecule has 0 aromatic heterocycles. The average molecular weight is 309 g/mol. The van der Waals surface area contributed by atoms with Gasteiger partial charge in [-0.2, -0.15) is 0 Å². The Morgan fingerprint density at radius 2 is 1.67 bits per heavy atom. The molecule has 0 aliphatic carbocycles. The van der Waals surface area contributed by atoms with E-state index in [1.165, 1.54) is 16.7 Å². The lowest BCUT2D eigenvalue weighted by Crippen LogP contribution is -3.00. The maximum Gasteiger partial charge on any atom is 0.0258 e. The predicted octanol–water partition coefficient (Wildman–Crippen LogP) is 2.07. The van der Waals surface area contributed by atoms with Crippen LogP contribution in [-0.4, -0.2) is 12.6 Å². The molecule has 1 aromatic rings. The molecule has 120 valence electrons. The third-order valence-electron chi connectivity index (χ3n) is 3.58. The summed E-state index contributed by atoms with van der Waals surface area (Å²) >= 11 is 0. The predicted molar refractivity (Wildman–Crippen MR) is 90.3 cm³/mol. The van der Waals surface area contributed by atoms with E-state index in [9.17, 15) is 0 Å². The van der Waals surface area contributed by atoms with Crippen LogP contribution in [0.15, 0.2) is 35.9 Å². The van der Waals surface area contributed by atoms with Gasteiger partial charge < -0.3 is 17.7 Å². The fourth-order valence-electron chi connectivity index (χ4n) is 2.41. The lowest BCUT2D eigenvalue weighted by molar-refractivity contribution is -0.00000475. The first kappa shape index (κ1) is 20.2. The highest BCUT2D eigenvalue weighted by molar-refractivity contribution is 5.24. The molecular weight excluding hydrogens is 278 g/mol. The Morgan fingerprint density at radius 3 is 2.14 bits per heavy atom. The Labute approximate surface area is 137 Å². The molecule has 0 heterocycles. The largest absolute Gasteiger partial charge is 1.00 e. The van der Waals surface area contributed by atoms with Crippen LogP contribution in [0.3, 0.4) is 0 Å². The number of halogens is 1. The van der Waals surface area contributed by atoms with Crippen molar-refractivity contribution in [1.29, 1.82) is 0 Å². The summed E-state index contributed by atoms with van der Waals surface area (Å²) in [6.07, 6.45) is 3.52. The summed E-state index contributed by atoms with van der Waals surface area (Å²) in [6, 6.07) is 9.43. The number of nitrogens with one attached hydrogen (secondary N) is 1. The summed E-state index contributed by atoms with van der Waals surface area (Å²) in [6.45, 7) is 14.4. The Morgan fingerprint density at radius 1 is 1.10 bits per heavy atom. The van der Waals surface area contributed by atoms with Crippen molar-refractivity contribution in [3.05, 3.63) is 47.0 Å². The summed E-state index contributed by atoms with van der Waals surface area (Å²) < 4.78 is 0. The van der Waals surface area contributed by atoms with Crippen molar-refractivity contribution < 1.29 is 12.4 Å². The van der Waals surface area contributed by atoms with Crippen LogP contribution >= 0.6 is 0 Å². The molecule has 0 amide bonds. The number of benzene rings is 1. The third-order valence-corrected chi connectivity index (χ3v) is 3.58. The molecule has 0 aliphatic heterocycles. The van der Waals surface area contributed by atoms with Gasteiger partial charge in [0.15, 0.2) is 0 Å². The second-order valence-corrected chi connectivity index (χ2v) is 6.70. The molecule has 21 heavy (non-hydrogen) atoms.